The Morgan fingerprint density at radius 2 is 2.00 bits per heavy atom. The Morgan fingerprint density at radius 3 is 2.43 bits per heavy atom. The molecule has 2 unspecified atom stereocenters. The third-order valence-electron chi connectivity index (χ3n) is 3.86. The topological polar surface area (TPSA) is 46.3 Å². The summed E-state index contributed by atoms with van der Waals surface area (Å²) in [5.74, 6) is 0.858. The molecule has 2 atom stereocenters. The van der Waals surface area contributed by atoms with Crippen molar-refractivity contribution in [3.8, 4) is 0 Å². The summed E-state index contributed by atoms with van der Waals surface area (Å²) in [5, 5.41) is 0. The fourth-order valence-electron chi connectivity index (χ4n) is 2.85. The monoisotopic (exact) mass is 196 g/mol. The van der Waals surface area contributed by atoms with Crippen LogP contribution in [0.2, 0.25) is 0 Å². The quantitative estimate of drug-likeness (QED) is 0.719. The van der Waals surface area contributed by atoms with Gasteiger partial charge in [-0.2, -0.15) is 0 Å². The SMILES string of the molecule is CC(=O)N1CCC1C(N)C1CCCC1. The predicted molar refractivity (Wildman–Crippen MR) is 55.7 cm³/mol. The van der Waals surface area contributed by atoms with Gasteiger partial charge in [-0.05, 0) is 25.2 Å². The van der Waals surface area contributed by atoms with Gasteiger partial charge in [0.15, 0.2) is 0 Å². The van der Waals surface area contributed by atoms with Crippen LogP contribution in [-0.2, 0) is 4.79 Å². The lowest BCUT2D eigenvalue weighted by Crippen LogP contribution is -2.60. The maximum atomic E-state index is 11.2. The van der Waals surface area contributed by atoms with E-state index in [1.54, 1.807) is 6.92 Å². The van der Waals surface area contributed by atoms with Crippen LogP contribution in [0.3, 0.4) is 0 Å². The molecule has 14 heavy (non-hydrogen) atoms. The summed E-state index contributed by atoms with van der Waals surface area (Å²) < 4.78 is 0. The molecule has 2 fully saturated rings. The van der Waals surface area contributed by atoms with E-state index in [1.165, 1.54) is 25.7 Å². The first-order valence-electron chi connectivity index (χ1n) is 5.73. The van der Waals surface area contributed by atoms with Gasteiger partial charge in [0.25, 0.3) is 0 Å². The maximum absolute atomic E-state index is 11.2. The molecule has 1 amide bonds. The summed E-state index contributed by atoms with van der Waals surface area (Å²) in [6.07, 6.45) is 6.29. The summed E-state index contributed by atoms with van der Waals surface area (Å²) in [5.41, 5.74) is 6.22. The minimum Gasteiger partial charge on any atom is -0.338 e. The Morgan fingerprint density at radius 1 is 1.36 bits per heavy atom. The summed E-state index contributed by atoms with van der Waals surface area (Å²) in [4.78, 5) is 13.2. The zero-order valence-electron chi connectivity index (χ0n) is 8.91. The van der Waals surface area contributed by atoms with Crippen LogP contribution < -0.4 is 5.73 Å². The largest absolute Gasteiger partial charge is 0.338 e. The van der Waals surface area contributed by atoms with Crippen molar-refractivity contribution in [2.24, 2.45) is 11.7 Å². The standard InChI is InChI=1S/C11H20N2O/c1-8(14)13-7-6-10(13)11(12)9-4-2-3-5-9/h9-11H,2-7,12H2,1H3. The molecular formula is C11H20N2O. The second-order valence-corrected chi connectivity index (χ2v) is 4.69. The molecule has 1 saturated carbocycles. The van der Waals surface area contributed by atoms with Gasteiger partial charge in [-0.1, -0.05) is 12.8 Å². The molecule has 2 aliphatic rings. The van der Waals surface area contributed by atoms with Crippen molar-refractivity contribution in [1.82, 2.24) is 4.90 Å². The number of amides is 1. The molecule has 0 spiro atoms. The van der Waals surface area contributed by atoms with Crippen molar-refractivity contribution >= 4 is 5.91 Å². The van der Waals surface area contributed by atoms with Gasteiger partial charge in [0.1, 0.15) is 0 Å². The number of nitrogens with two attached hydrogens (primary N) is 1. The van der Waals surface area contributed by atoms with Crippen LogP contribution >= 0.6 is 0 Å². The molecule has 2 N–H and O–H groups in total. The van der Waals surface area contributed by atoms with E-state index in [2.05, 4.69) is 0 Å². The van der Waals surface area contributed by atoms with Crippen LogP contribution in [0.15, 0.2) is 0 Å². The summed E-state index contributed by atoms with van der Waals surface area (Å²) >= 11 is 0. The van der Waals surface area contributed by atoms with Crippen LogP contribution in [0.25, 0.3) is 0 Å². The summed E-state index contributed by atoms with van der Waals surface area (Å²) in [7, 11) is 0. The number of carbonyl (C=O) groups excluding carboxylic acids is 1. The van der Waals surface area contributed by atoms with Gasteiger partial charge in [0.05, 0.1) is 0 Å². The van der Waals surface area contributed by atoms with Crippen molar-refractivity contribution in [3.05, 3.63) is 0 Å². The molecule has 2 rings (SSSR count). The van der Waals surface area contributed by atoms with E-state index in [0.29, 0.717) is 12.0 Å². The minimum absolute atomic E-state index is 0.190. The Hall–Kier alpha value is -0.570. The Labute approximate surface area is 85.6 Å². The minimum atomic E-state index is 0.190. The zero-order valence-corrected chi connectivity index (χ0v) is 8.91. The Bertz CT molecular complexity index is 223. The van der Waals surface area contributed by atoms with Crippen LogP contribution in [0.4, 0.5) is 0 Å². The molecule has 0 aromatic rings. The third kappa shape index (κ3) is 1.65. The van der Waals surface area contributed by atoms with Gasteiger partial charge in [-0.25, -0.2) is 0 Å². The van der Waals surface area contributed by atoms with Crippen LogP contribution in [0.5, 0.6) is 0 Å². The number of hydrogen-bond donors (Lipinski definition) is 1. The molecule has 0 aromatic heterocycles. The van der Waals surface area contributed by atoms with E-state index < -0.39 is 0 Å². The molecule has 1 aliphatic carbocycles. The van der Waals surface area contributed by atoms with Crippen molar-refractivity contribution < 1.29 is 4.79 Å². The highest BCUT2D eigenvalue weighted by Crippen LogP contribution is 2.32. The fourth-order valence-corrected chi connectivity index (χ4v) is 2.85. The van der Waals surface area contributed by atoms with E-state index in [0.717, 1.165) is 13.0 Å². The smallest absolute Gasteiger partial charge is 0.219 e. The highest BCUT2D eigenvalue weighted by molar-refractivity contribution is 5.74. The lowest BCUT2D eigenvalue weighted by molar-refractivity contribution is -0.137. The van der Waals surface area contributed by atoms with Gasteiger partial charge < -0.3 is 10.6 Å². The van der Waals surface area contributed by atoms with Gasteiger partial charge >= 0.3 is 0 Å². The molecule has 0 aromatic carbocycles. The van der Waals surface area contributed by atoms with Gasteiger partial charge in [0.2, 0.25) is 5.91 Å². The summed E-state index contributed by atoms with van der Waals surface area (Å²) in [6, 6.07) is 0.575. The fraction of sp³-hybridized carbons (Fsp3) is 0.909. The molecule has 0 bridgehead atoms. The van der Waals surface area contributed by atoms with Gasteiger partial charge in [0, 0.05) is 25.6 Å². The maximum Gasteiger partial charge on any atom is 0.219 e. The van der Waals surface area contributed by atoms with Crippen LogP contribution in [0, 0.1) is 5.92 Å². The normalized spacial score (nSPS) is 30.1. The van der Waals surface area contributed by atoms with E-state index >= 15 is 0 Å². The molecule has 1 heterocycles. The summed E-state index contributed by atoms with van der Waals surface area (Å²) in [6.45, 7) is 2.56. The van der Waals surface area contributed by atoms with Crippen molar-refractivity contribution in [1.29, 1.82) is 0 Å². The number of rotatable bonds is 2. The van der Waals surface area contributed by atoms with Gasteiger partial charge in [-0.3, -0.25) is 4.79 Å². The predicted octanol–water partition coefficient (Wildman–Crippen LogP) is 1.12. The lowest BCUT2D eigenvalue weighted by Gasteiger charge is -2.45. The average Bonchev–Trinajstić information content (AvgIpc) is 2.51. The van der Waals surface area contributed by atoms with Crippen molar-refractivity contribution in [2.45, 2.75) is 51.1 Å². The Kier molecular flexibility index (Phi) is 2.77. The first-order valence-corrected chi connectivity index (χ1v) is 5.73. The molecular weight excluding hydrogens is 176 g/mol. The first kappa shape index (κ1) is 9.97. The zero-order chi connectivity index (χ0) is 10.1. The van der Waals surface area contributed by atoms with E-state index in [9.17, 15) is 4.79 Å². The van der Waals surface area contributed by atoms with E-state index in [1.807, 2.05) is 4.90 Å². The van der Waals surface area contributed by atoms with Crippen molar-refractivity contribution in [2.75, 3.05) is 6.54 Å². The highest BCUT2D eigenvalue weighted by Gasteiger charge is 2.38. The van der Waals surface area contributed by atoms with Gasteiger partial charge in [-0.15, -0.1) is 0 Å². The van der Waals surface area contributed by atoms with E-state index in [4.69, 9.17) is 5.73 Å². The highest BCUT2D eigenvalue weighted by atomic mass is 16.2. The molecule has 0 radical (unpaired) electrons. The second kappa shape index (κ2) is 3.89. The third-order valence-corrected chi connectivity index (χ3v) is 3.86. The lowest BCUT2D eigenvalue weighted by atomic mass is 9.85. The Balaban J connectivity index is 1.91. The molecule has 1 saturated heterocycles. The number of carbonyl (C=O) groups is 1. The average molecular weight is 196 g/mol. The van der Waals surface area contributed by atoms with Crippen LogP contribution in [-0.4, -0.2) is 29.4 Å². The molecule has 3 nitrogen and oxygen atoms in total. The number of nitrogens with zero attached hydrogens (tertiary/aromatic N) is 1. The van der Waals surface area contributed by atoms with E-state index in [-0.39, 0.29) is 11.9 Å². The number of hydrogen-bond acceptors (Lipinski definition) is 2. The first-order chi connectivity index (χ1) is 6.70. The molecule has 3 heteroatoms. The molecule has 80 valence electrons. The van der Waals surface area contributed by atoms with Crippen LogP contribution in [0.1, 0.15) is 39.0 Å². The van der Waals surface area contributed by atoms with Crippen molar-refractivity contribution in [3.63, 3.8) is 0 Å². The number of likely N-dealkylation sites (tertiary alicyclic amines) is 1. The second-order valence-electron chi connectivity index (χ2n) is 4.69. The molecule has 1 aliphatic heterocycles.